The van der Waals surface area contributed by atoms with Crippen molar-refractivity contribution in [3.63, 3.8) is 0 Å². The number of aromatic nitrogens is 1. The van der Waals surface area contributed by atoms with Crippen LogP contribution >= 0.6 is 0 Å². The van der Waals surface area contributed by atoms with Crippen LogP contribution < -0.4 is 5.73 Å². The normalized spacial score (nSPS) is 10.1. The highest BCUT2D eigenvalue weighted by Crippen LogP contribution is 2.22. The van der Waals surface area contributed by atoms with Gasteiger partial charge in [0.25, 0.3) is 0 Å². The highest BCUT2D eigenvalue weighted by Gasteiger charge is 2.04. The second-order valence-electron chi connectivity index (χ2n) is 3.64. The molecule has 0 amide bonds. The van der Waals surface area contributed by atoms with Gasteiger partial charge in [-0.2, -0.15) is 0 Å². The Morgan fingerprint density at radius 3 is 2.81 bits per heavy atom. The molecule has 0 saturated carbocycles. The van der Waals surface area contributed by atoms with E-state index in [9.17, 15) is 4.79 Å². The molecule has 0 saturated heterocycles. The third kappa shape index (κ3) is 1.93. The van der Waals surface area contributed by atoms with Gasteiger partial charge in [0.05, 0.1) is 5.69 Å². The summed E-state index contributed by atoms with van der Waals surface area (Å²) in [6.07, 6.45) is 0.825. The van der Waals surface area contributed by atoms with E-state index in [0.717, 1.165) is 23.1 Å². The van der Waals surface area contributed by atoms with E-state index >= 15 is 0 Å². The van der Waals surface area contributed by atoms with Crippen molar-refractivity contribution in [3.05, 3.63) is 47.5 Å². The fourth-order valence-electron chi connectivity index (χ4n) is 1.60. The van der Waals surface area contributed by atoms with Crippen molar-refractivity contribution in [2.75, 3.05) is 5.73 Å². The molecule has 80 valence electrons. The van der Waals surface area contributed by atoms with Crippen LogP contribution in [0.2, 0.25) is 0 Å². The Morgan fingerprint density at radius 2 is 2.06 bits per heavy atom. The fourth-order valence-corrected chi connectivity index (χ4v) is 1.60. The molecule has 16 heavy (non-hydrogen) atoms. The van der Waals surface area contributed by atoms with Gasteiger partial charge in [-0.25, -0.2) is 4.98 Å². The second kappa shape index (κ2) is 4.14. The maximum absolute atomic E-state index is 10.7. The van der Waals surface area contributed by atoms with E-state index in [1.807, 2.05) is 31.2 Å². The number of benzene rings is 1. The van der Waals surface area contributed by atoms with E-state index in [4.69, 9.17) is 5.73 Å². The third-order valence-corrected chi connectivity index (χ3v) is 2.41. The van der Waals surface area contributed by atoms with Crippen molar-refractivity contribution in [3.8, 4) is 11.3 Å². The lowest BCUT2D eigenvalue weighted by Gasteiger charge is -2.06. The monoisotopic (exact) mass is 212 g/mol. The molecule has 0 aliphatic carbocycles. The van der Waals surface area contributed by atoms with Crippen LogP contribution in [0.5, 0.6) is 0 Å². The third-order valence-electron chi connectivity index (χ3n) is 2.41. The molecule has 1 heterocycles. The van der Waals surface area contributed by atoms with Gasteiger partial charge in [-0.3, -0.25) is 4.79 Å². The molecule has 0 unspecified atom stereocenters. The lowest BCUT2D eigenvalue weighted by Crippen LogP contribution is -1.95. The summed E-state index contributed by atoms with van der Waals surface area (Å²) in [6.45, 7) is 1.97. The summed E-state index contributed by atoms with van der Waals surface area (Å²) in [7, 11) is 0. The van der Waals surface area contributed by atoms with Crippen LogP contribution in [-0.2, 0) is 0 Å². The number of carbonyl (C=O) groups excluding carboxylic acids is 1. The number of pyridine rings is 1. The summed E-state index contributed by atoms with van der Waals surface area (Å²) >= 11 is 0. The Morgan fingerprint density at radius 1 is 1.25 bits per heavy atom. The van der Waals surface area contributed by atoms with Gasteiger partial charge >= 0.3 is 0 Å². The average molecular weight is 212 g/mol. The van der Waals surface area contributed by atoms with Crippen LogP contribution in [0.4, 0.5) is 5.82 Å². The van der Waals surface area contributed by atoms with Crippen LogP contribution in [0.1, 0.15) is 15.9 Å². The molecule has 0 aliphatic heterocycles. The van der Waals surface area contributed by atoms with Crippen LogP contribution in [-0.4, -0.2) is 11.3 Å². The van der Waals surface area contributed by atoms with E-state index in [2.05, 4.69) is 4.98 Å². The predicted octanol–water partition coefficient (Wildman–Crippen LogP) is 2.45. The zero-order chi connectivity index (χ0) is 11.5. The number of aryl methyl sites for hydroxylation is 1. The van der Waals surface area contributed by atoms with Gasteiger partial charge in [0, 0.05) is 11.1 Å². The minimum absolute atomic E-state index is 0.483. The number of nitrogens with two attached hydrogens (primary N) is 1. The van der Waals surface area contributed by atoms with Crippen molar-refractivity contribution in [2.45, 2.75) is 6.92 Å². The van der Waals surface area contributed by atoms with Gasteiger partial charge in [-0.15, -0.1) is 0 Å². The van der Waals surface area contributed by atoms with E-state index in [-0.39, 0.29) is 0 Å². The zero-order valence-corrected chi connectivity index (χ0v) is 8.97. The number of carbonyl (C=O) groups is 1. The summed E-state index contributed by atoms with van der Waals surface area (Å²) in [5.74, 6) is 0.483. The van der Waals surface area contributed by atoms with Crippen molar-refractivity contribution in [1.82, 2.24) is 4.98 Å². The fraction of sp³-hybridized carbons (Fsp3) is 0.0769. The van der Waals surface area contributed by atoms with E-state index in [1.54, 1.807) is 12.1 Å². The van der Waals surface area contributed by atoms with Gasteiger partial charge in [-0.1, -0.05) is 24.3 Å². The smallest absolute Gasteiger partial charge is 0.150 e. The molecule has 3 heteroatoms. The first kappa shape index (κ1) is 10.4. The first-order chi connectivity index (χ1) is 7.70. The minimum atomic E-state index is 0.483. The number of nitrogen functional groups attached to an aromatic ring is 1. The molecular formula is C13H12N2O. The second-order valence-corrected chi connectivity index (χ2v) is 3.64. The van der Waals surface area contributed by atoms with Crippen molar-refractivity contribution >= 4 is 12.1 Å². The topological polar surface area (TPSA) is 56.0 Å². The molecule has 0 radical (unpaired) electrons. The highest BCUT2D eigenvalue weighted by atomic mass is 16.1. The zero-order valence-electron chi connectivity index (χ0n) is 8.97. The number of nitrogens with zero attached hydrogens (tertiary/aromatic N) is 1. The molecule has 1 aromatic carbocycles. The van der Waals surface area contributed by atoms with Gasteiger partial charge < -0.3 is 5.73 Å². The van der Waals surface area contributed by atoms with Gasteiger partial charge in [-0.05, 0) is 24.6 Å². The summed E-state index contributed by atoms with van der Waals surface area (Å²) in [5, 5.41) is 0. The molecule has 0 atom stereocenters. The Kier molecular flexibility index (Phi) is 2.68. The predicted molar refractivity (Wildman–Crippen MR) is 64.2 cm³/mol. The molecule has 3 nitrogen and oxygen atoms in total. The lowest BCUT2D eigenvalue weighted by atomic mass is 10.0. The maximum Gasteiger partial charge on any atom is 0.150 e. The van der Waals surface area contributed by atoms with Crippen LogP contribution in [0.3, 0.4) is 0 Å². The van der Waals surface area contributed by atoms with Crippen molar-refractivity contribution < 1.29 is 4.79 Å². The molecule has 2 aromatic rings. The summed E-state index contributed by atoms with van der Waals surface area (Å²) in [4.78, 5) is 15.0. The molecule has 0 fully saturated rings. The van der Waals surface area contributed by atoms with E-state index < -0.39 is 0 Å². The summed E-state index contributed by atoms with van der Waals surface area (Å²) in [6, 6.07) is 11.0. The molecule has 1 aromatic heterocycles. The molecule has 2 rings (SSSR count). The molecular weight excluding hydrogens is 200 g/mol. The first-order valence-electron chi connectivity index (χ1n) is 4.99. The summed E-state index contributed by atoms with van der Waals surface area (Å²) < 4.78 is 0. The number of hydrogen-bond donors (Lipinski definition) is 1. The van der Waals surface area contributed by atoms with Gasteiger partial charge in [0.1, 0.15) is 12.1 Å². The van der Waals surface area contributed by atoms with E-state index in [0.29, 0.717) is 11.4 Å². The first-order valence-corrected chi connectivity index (χ1v) is 4.99. The van der Waals surface area contributed by atoms with Crippen molar-refractivity contribution in [1.29, 1.82) is 0 Å². The SMILES string of the molecule is Cc1ccc(N)nc1-c1cccc(C=O)c1. The maximum atomic E-state index is 10.7. The highest BCUT2D eigenvalue weighted by molar-refractivity contribution is 5.78. The lowest BCUT2D eigenvalue weighted by molar-refractivity contribution is 0.112. The van der Waals surface area contributed by atoms with Gasteiger partial charge in [0.2, 0.25) is 0 Å². The Labute approximate surface area is 93.9 Å². The van der Waals surface area contributed by atoms with Crippen LogP contribution in [0.15, 0.2) is 36.4 Å². The Bertz CT molecular complexity index is 535. The molecule has 0 bridgehead atoms. The summed E-state index contributed by atoms with van der Waals surface area (Å²) in [5.41, 5.74) is 9.07. The minimum Gasteiger partial charge on any atom is -0.384 e. The molecule has 0 spiro atoms. The largest absolute Gasteiger partial charge is 0.384 e. The van der Waals surface area contributed by atoms with Crippen LogP contribution in [0, 0.1) is 6.92 Å². The standard InChI is InChI=1S/C13H12N2O/c1-9-5-6-12(14)15-13(9)11-4-2-3-10(7-11)8-16/h2-8H,1H3,(H2,14,15). The number of rotatable bonds is 2. The molecule has 2 N–H and O–H groups in total. The van der Waals surface area contributed by atoms with Gasteiger partial charge in [0.15, 0.2) is 0 Å². The number of hydrogen-bond acceptors (Lipinski definition) is 3. The van der Waals surface area contributed by atoms with Crippen LogP contribution in [0.25, 0.3) is 11.3 Å². The Hall–Kier alpha value is -2.16. The van der Waals surface area contributed by atoms with Crippen molar-refractivity contribution in [2.24, 2.45) is 0 Å². The number of anilines is 1. The number of aldehydes is 1. The van der Waals surface area contributed by atoms with E-state index in [1.165, 1.54) is 0 Å². The Balaban J connectivity index is 2.57. The quantitative estimate of drug-likeness (QED) is 0.778. The average Bonchev–Trinajstić information content (AvgIpc) is 2.32. The molecule has 0 aliphatic rings.